The molecular weight excluding hydrogens is 394 g/mol. The number of fused-ring (bicyclic) bond motifs is 2. The fourth-order valence-electron chi connectivity index (χ4n) is 5.14. The summed E-state index contributed by atoms with van der Waals surface area (Å²) in [6.07, 6.45) is 6.37. The molecule has 1 aliphatic carbocycles. The lowest BCUT2D eigenvalue weighted by atomic mass is 9.89. The summed E-state index contributed by atoms with van der Waals surface area (Å²) in [6, 6.07) is 23.6. The number of carbonyl (C=O) groups is 1. The lowest BCUT2D eigenvalue weighted by Crippen LogP contribution is -2.51. The van der Waals surface area contributed by atoms with Crippen LogP contribution in [0, 0.1) is 0 Å². The molecule has 5 rings (SSSR count). The standard InChI is InChI=1S/C28H29N3O/c1-31(2)26-14-8-7-13-24(26)30-28(32)25-16-15-21(18-29-25)27-22-11-5-3-9-19(22)17-20-10-4-6-12-23(20)27/h3-6,9-12,15-18,24,26H,7-8,13-14H2,1-2H3,(H,30,32). The van der Waals surface area contributed by atoms with Gasteiger partial charge < -0.3 is 10.2 Å². The van der Waals surface area contributed by atoms with Crippen LogP contribution in [-0.2, 0) is 0 Å². The van der Waals surface area contributed by atoms with Crippen molar-refractivity contribution < 1.29 is 4.79 Å². The number of amides is 1. The lowest BCUT2D eigenvalue weighted by molar-refractivity contribution is 0.0878. The average Bonchev–Trinajstić information content (AvgIpc) is 2.83. The largest absolute Gasteiger partial charge is 0.346 e. The number of carbonyl (C=O) groups excluding carboxylic acids is 1. The molecule has 4 heteroatoms. The Hall–Kier alpha value is -3.24. The highest BCUT2D eigenvalue weighted by atomic mass is 16.1. The Labute approximate surface area is 189 Å². The fraction of sp³-hybridized carbons (Fsp3) is 0.286. The maximum atomic E-state index is 13.0. The normalized spacial score (nSPS) is 18.8. The zero-order valence-corrected chi connectivity index (χ0v) is 18.7. The maximum absolute atomic E-state index is 13.0. The Morgan fingerprint density at radius 3 is 2.19 bits per heavy atom. The van der Waals surface area contributed by atoms with Crippen LogP contribution in [0.1, 0.15) is 36.2 Å². The van der Waals surface area contributed by atoms with E-state index in [1.165, 1.54) is 28.0 Å². The van der Waals surface area contributed by atoms with Crippen molar-refractivity contribution in [2.24, 2.45) is 0 Å². The minimum absolute atomic E-state index is 0.0851. The molecule has 2 unspecified atom stereocenters. The predicted octanol–water partition coefficient (Wildman–Crippen LogP) is 5.66. The van der Waals surface area contributed by atoms with E-state index in [0.717, 1.165) is 30.4 Å². The molecule has 1 aromatic heterocycles. The zero-order chi connectivity index (χ0) is 22.1. The second kappa shape index (κ2) is 8.71. The monoisotopic (exact) mass is 423 g/mol. The van der Waals surface area contributed by atoms with E-state index in [4.69, 9.17) is 0 Å². The molecule has 0 spiro atoms. The van der Waals surface area contributed by atoms with Crippen LogP contribution in [-0.4, -0.2) is 42.0 Å². The van der Waals surface area contributed by atoms with Gasteiger partial charge in [-0.3, -0.25) is 9.78 Å². The van der Waals surface area contributed by atoms with E-state index in [2.05, 4.69) is 83.9 Å². The van der Waals surface area contributed by atoms with Gasteiger partial charge in [0.05, 0.1) is 0 Å². The molecule has 3 aromatic carbocycles. The Balaban J connectivity index is 1.47. The van der Waals surface area contributed by atoms with Gasteiger partial charge in [-0.25, -0.2) is 0 Å². The second-order valence-electron chi connectivity index (χ2n) is 9.02. The fourth-order valence-corrected chi connectivity index (χ4v) is 5.14. The number of aromatic nitrogens is 1. The van der Waals surface area contributed by atoms with Crippen LogP contribution in [0.25, 0.3) is 32.7 Å². The molecule has 1 aliphatic rings. The summed E-state index contributed by atoms with van der Waals surface area (Å²) in [5, 5.41) is 8.04. The van der Waals surface area contributed by atoms with E-state index in [1.807, 2.05) is 18.3 Å². The number of nitrogens with one attached hydrogen (secondary N) is 1. The molecule has 0 radical (unpaired) electrons. The van der Waals surface area contributed by atoms with Crippen LogP contribution >= 0.6 is 0 Å². The average molecular weight is 424 g/mol. The Bertz CT molecular complexity index is 1210. The minimum Gasteiger partial charge on any atom is -0.346 e. The highest BCUT2D eigenvalue weighted by Crippen LogP contribution is 2.36. The number of hydrogen-bond donors (Lipinski definition) is 1. The first kappa shape index (κ1) is 20.7. The molecular formula is C28H29N3O. The third-order valence-corrected chi connectivity index (χ3v) is 6.77. The second-order valence-corrected chi connectivity index (χ2v) is 9.02. The zero-order valence-electron chi connectivity index (χ0n) is 18.7. The summed E-state index contributed by atoms with van der Waals surface area (Å²) in [5.41, 5.74) is 2.66. The molecule has 0 saturated heterocycles. The van der Waals surface area contributed by atoms with Gasteiger partial charge in [0, 0.05) is 23.8 Å². The summed E-state index contributed by atoms with van der Waals surface area (Å²) in [5.74, 6) is -0.0851. The summed E-state index contributed by atoms with van der Waals surface area (Å²) in [7, 11) is 4.19. The number of rotatable bonds is 4. The van der Waals surface area contributed by atoms with Crippen LogP contribution in [0.4, 0.5) is 0 Å². The summed E-state index contributed by atoms with van der Waals surface area (Å²) < 4.78 is 0. The van der Waals surface area contributed by atoms with Gasteiger partial charge in [-0.2, -0.15) is 0 Å². The van der Waals surface area contributed by atoms with Crippen LogP contribution in [0.3, 0.4) is 0 Å². The third kappa shape index (κ3) is 3.87. The van der Waals surface area contributed by atoms with Gasteiger partial charge in [-0.15, -0.1) is 0 Å². The van der Waals surface area contributed by atoms with Crippen molar-refractivity contribution in [3.63, 3.8) is 0 Å². The molecule has 4 aromatic rings. The lowest BCUT2D eigenvalue weighted by Gasteiger charge is -2.36. The first-order valence-corrected chi connectivity index (χ1v) is 11.5. The molecule has 32 heavy (non-hydrogen) atoms. The van der Waals surface area contributed by atoms with Crippen molar-refractivity contribution in [3.8, 4) is 11.1 Å². The smallest absolute Gasteiger partial charge is 0.270 e. The highest BCUT2D eigenvalue weighted by molar-refractivity contribution is 6.12. The van der Waals surface area contributed by atoms with Crippen molar-refractivity contribution in [2.45, 2.75) is 37.8 Å². The molecule has 0 aliphatic heterocycles. The van der Waals surface area contributed by atoms with Crippen LogP contribution < -0.4 is 5.32 Å². The van der Waals surface area contributed by atoms with E-state index >= 15 is 0 Å². The summed E-state index contributed by atoms with van der Waals surface area (Å²) >= 11 is 0. The number of benzene rings is 3. The molecule has 0 bridgehead atoms. The molecule has 1 fully saturated rings. The van der Waals surface area contributed by atoms with Gasteiger partial charge in [-0.05, 0) is 66.2 Å². The van der Waals surface area contributed by atoms with Crippen molar-refractivity contribution in [3.05, 3.63) is 78.6 Å². The van der Waals surface area contributed by atoms with Crippen LogP contribution in [0.15, 0.2) is 72.9 Å². The number of hydrogen-bond acceptors (Lipinski definition) is 3. The van der Waals surface area contributed by atoms with Gasteiger partial charge in [0.1, 0.15) is 5.69 Å². The molecule has 2 atom stereocenters. The summed E-state index contributed by atoms with van der Waals surface area (Å²) in [6.45, 7) is 0. The van der Waals surface area contributed by atoms with Crippen molar-refractivity contribution in [2.75, 3.05) is 14.1 Å². The molecule has 1 amide bonds. The van der Waals surface area contributed by atoms with Crippen LogP contribution in [0.5, 0.6) is 0 Å². The third-order valence-electron chi connectivity index (χ3n) is 6.77. The number of nitrogens with zero attached hydrogens (tertiary/aromatic N) is 2. The van der Waals surface area contributed by atoms with Crippen molar-refractivity contribution >= 4 is 27.5 Å². The van der Waals surface area contributed by atoms with E-state index in [1.54, 1.807) is 0 Å². The number of likely N-dealkylation sites (N-methyl/N-ethyl adjacent to an activating group) is 1. The topological polar surface area (TPSA) is 45.2 Å². The quantitative estimate of drug-likeness (QED) is 0.431. The molecule has 1 heterocycles. The number of pyridine rings is 1. The molecule has 1 saturated carbocycles. The van der Waals surface area contributed by atoms with Gasteiger partial charge in [0.15, 0.2) is 0 Å². The van der Waals surface area contributed by atoms with Gasteiger partial charge >= 0.3 is 0 Å². The van der Waals surface area contributed by atoms with Gasteiger partial charge in [0.25, 0.3) is 5.91 Å². The maximum Gasteiger partial charge on any atom is 0.270 e. The van der Waals surface area contributed by atoms with E-state index in [-0.39, 0.29) is 11.9 Å². The SMILES string of the molecule is CN(C)C1CCCCC1NC(=O)c1ccc(-c2c3ccccc3cc3ccccc23)cn1. The van der Waals surface area contributed by atoms with Crippen molar-refractivity contribution in [1.29, 1.82) is 0 Å². The minimum atomic E-state index is -0.0851. The summed E-state index contributed by atoms with van der Waals surface area (Å²) in [4.78, 5) is 19.8. The first-order valence-electron chi connectivity index (χ1n) is 11.5. The van der Waals surface area contributed by atoms with Gasteiger partial charge in [0.2, 0.25) is 0 Å². The van der Waals surface area contributed by atoms with Gasteiger partial charge in [-0.1, -0.05) is 67.4 Å². The van der Waals surface area contributed by atoms with Crippen LogP contribution in [0.2, 0.25) is 0 Å². The van der Waals surface area contributed by atoms with E-state index in [0.29, 0.717) is 11.7 Å². The van der Waals surface area contributed by atoms with E-state index < -0.39 is 0 Å². The molecule has 162 valence electrons. The first-order chi connectivity index (χ1) is 15.6. The predicted molar refractivity (Wildman–Crippen MR) is 132 cm³/mol. The Morgan fingerprint density at radius 2 is 1.56 bits per heavy atom. The Morgan fingerprint density at radius 1 is 0.906 bits per heavy atom. The van der Waals surface area contributed by atoms with E-state index in [9.17, 15) is 4.79 Å². The molecule has 1 N–H and O–H groups in total. The van der Waals surface area contributed by atoms with Crippen molar-refractivity contribution in [1.82, 2.24) is 15.2 Å². The molecule has 4 nitrogen and oxygen atoms in total. The Kier molecular flexibility index (Phi) is 5.62. The highest BCUT2D eigenvalue weighted by Gasteiger charge is 2.28.